The number of piperidine rings is 1. The van der Waals surface area contributed by atoms with Gasteiger partial charge in [0.1, 0.15) is 0 Å². The minimum Gasteiger partial charge on any atom is -0.331 e. The van der Waals surface area contributed by atoms with Crippen LogP contribution in [0.15, 0.2) is 12.5 Å². The Morgan fingerprint density at radius 3 is 2.84 bits per heavy atom. The zero-order chi connectivity index (χ0) is 13.5. The van der Waals surface area contributed by atoms with Gasteiger partial charge in [-0.2, -0.15) is 0 Å². The molecule has 1 unspecified atom stereocenters. The van der Waals surface area contributed by atoms with Crippen LogP contribution in [0.4, 0.5) is 0 Å². The molecule has 1 aliphatic heterocycles. The fraction of sp³-hybridized carbons (Fsp3) is 0.812. The van der Waals surface area contributed by atoms with Gasteiger partial charge in [-0.1, -0.05) is 20.8 Å². The summed E-state index contributed by atoms with van der Waals surface area (Å²) in [5.74, 6) is 0. The Morgan fingerprint density at radius 1 is 1.42 bits per heavy atom. The van der Waals surface area contributed by atoms with Crippen molar-refractivity contribution in [2.45, 2.75) is 70.9 Å². The molecule has 1 aliphatic carbocycles. The number of nitrogens with one attached hydrogen (secondary N) is 1. The molecule has 19 heavy (non-hydrogen) atoms. The number of imidazole rings is 1. The molecule has 1 atom stereocenters. The van der Waals surface area contributed by atoms with E-state index < -0.39 is 0 Å². The van der Waals surface area contributed by atoms with Gasteiger partial charge in [-0.25, -0.2) is 4.98 Å². The Kier molecular flexibility index (Phi) is 3.20. The van der Waals surface area contributed by atoms with Crippen molar-refractivity contribution in [3.63, 3.8) is 0 Å². The molecule has 3 rings (SSSR count). The highest BCUT2D eigenvalue weighted by molar-refractivity contribution is 5.07. The highest BCUT2D eigenvalue weighted by atomic mass is 15.1. The molecule has 3 nitrogen and oxygen atoms in total. The van der Waals surface area contributed by atoms with Gasteiger partial charge in [-0.15, -0.1) is 0 Å². The third-order valence-corrected chi connectivity index (χ3v) is 4.77. The maximum atomic E-state index is 4.42. The summed E-state index contributed by atoms with van der Waals surface area (Å²) in [6, 6.07) is 0.654. The molecular weight excluding hydrogens is 234 g/mol. The lowest BCUT2D eigenvalue weighted by molar-refractivity contribution is 0.108. The first-order valence-electron chi connectivity index (χ1n) is 7.73. The topological polar surface area (TPSA) is 29.9 Å². The first-order valence-corrected chi connectivity index (χ1v) is 7.73. The number of hydrogen-bond acceptors (Lipinski definition) is 2. The van der Waals surface area contributed by atoms with Crippen molar-refractivity contribution in [2.24, 2.45) is 5.41 Å². The lowest BCUT2D eigenvalue weighted by Crippen LogP contribution is -2.55. The zero-order valence-electron chi connectivity index (χ0n) is 12.6. The van der Waals surface area contributed by atoms with Crippen LogP contribution in [0.5, 0.6) is 0 Å². The Balaban J connectivity index is 1.76. The number of hydrogen-bond donors (Lipinski definition) is 1. The third-order valence-electron chi connectivity index (χ3n) is 4.77. The van der Waals surface area contributed by atoms with Gasteiger partial charge in [0.25, 0.3) is 0 Å². The van der Waals surface area contributed by atoms with Gasteiger partial charge in [-0.3, -0.25) is 0 Å². The van der Waals surface area contributed by atoms with Crippen molar-refractivity contribution < 1.29 is 0 Å². The van der Waals surface area contributed by atoms with Gasteiger partial charge >= 0.3 is 0 Å². The summed E-state index contributed by atoms with van der Waals surface area (Å²) in [4.78, 5) is 4.42. The molecule has 2 fully saturated rings. The average molecular weight is 261 g/mol. The first-order chi connectivity index (χ1) is 8.98. The van der Waals surface area contributed by atoms with E-state index in [9.17, 15) is 0 Å². The molecule has 2 aliphatic rings. The molecule has 1 aromatic rings. The summed E-state index contributed by atoms with van der Waals surface area (Å²) in [6.07, 6.45) is 11.9. The second-order valence-corrected chi connectivity index (χ2v) is 7.74. The van der Waals surface area contributed by atoms with E-state index in [0.29, 0.717) is 17.0 Å². The van der Waals surface area contributed by atoms with E-state index in [1.54, 1.807) is 0 Å². The molecule has 1 saturated carbocycles. The summed E-state index contributed by atoms with van der Waals surface area (Å²) < 4.78 is 2.46. The van der Waals surface area contributed by atoms with E-state index in [1.165, 1.54) is 37.8 Å². The van der Waals surface area contributed by atoms with Crippen molar-refractivity contribution in [3.05, 3.63) is 18.2 Å². The number of rotatable bonds is 2. The molecule has 1 aromatic heterocycles. The van der Waals surface area contributed by atoms with Crippen LogP contribution in [0.2, 0.25) is 0 Å². The largest absolute Gasteiger partial charge is 0.331 e. The monoisotopic (exact) mass is 261 g/mol. The van der Waals surface area contributed by atoms with Crippen LogP contribution in [-0.4, -0.2) is 21.6 Å². The Morgan fingerprint density at radius 2 is 2.21 bits per heavy atom. The van der Waals surface area contributed by atoms with E-state index in [0.717, 1.165) is 13.0 Å². The minimum atomic E-state index is 0.332. The van der Waals surface area contributed by atoms with Crippen molar-refractivity contribution in [2.75, 3.05) is 6.54 Å². The fourth-order valence-electron chi connectivity index (χ4n) is 3.69. The summed E-state index contributed by atoms with van der Waals surface area (Å²) in [7, 11) is 0. The Bertz CT molecular complexity index is 437. The predicted octanol–water partition coefficient (Wildman–Crippen LogP) is 3.32. The van der Waals surface area contributed by atoms with E-state index in [1.807, 2.05) is 0 Å². The molecule has 1 spiro atoms. The fourth-order valence-corrected chi connectivity index (χ4v) is 3.69. The summed E-state index contributed by atoms with van der Waals surface area (Å²) in [5.41, 5.74) is 2.21. The van der Waals surface area contributed by atoms with Crippen molar-refractivity contribution in [1.29, 1.82) is 0 Å². The Labute approximate surface area is 116 Å². The lowest BCUT2D eigenvalue weighted by Gasteiger charge is -2.49. The normalized spacial score (nSPS) is 26.4. The van der Waals surface area contributed by atoms with Gasteiger partial charge in [0.15, 0.2) is 0 Å². The second kappa shape index (κ2) is 4.62. The van der Waals surface area contributed by atoms with Crippen molar-refractivity contribution >= 4 is 0 Å². The first kappa shape index (κ1) is 13.2. The average Bonchev–Trinajstić information content (AvgIpc) is 2.73. The summed E-state index contributed by atoms with van der Waals surface area (Å²) in [6.45, 7) is 8.08. The zero-order valence-corrected chi connectivity index (χ0v) is 12.6. The molecule has 0 aromatic carbocycles. The van der Waals surface area contributed by atoms with Crippen LogP contribution in [0.3, 0.4) is 0 Å². The van der Waals surface area contributed by atoms with E-state index in [-0.39, 0.29) is 0 Å². The van der Waals surface area contributed by atoms with Crippen LogP contribution in [0.25, 0.3) is 0 Å². The molecule has 0 radical (unpaired) electrons. The molecule has 1 N–H and O–H groups in total. The molecule has 0 amide bonds. The highest BCUT2D eigenvalue weighted by Crippen LogP contribution is 2.42. The number of nitrogens with zero attached hydrogens (tertiary/aromatic N) is 2. The van der Waals surface area contributed by atoms with Crippen molar-refractivity contribution in [1.82, 2.24) is 14.9 Å². The molecule has 2 heterocycles. The van der Waals surface area contributed by atoms with Gasteiger partial charge in [-0.05, 0) is 50.5 Å². The maximum absolute atomic E-state index is 4.42. The number of aromatic nitrogens is 2. The molecule has 106 valence electrons. The van der Waals surface area contributed by atoms with E-state index in [2.05, 4.69) is 48.2 Å². The molecule has 3 heteroatoms. The van der Waals surface area contributed by atoms with Crippen LogP contribution in [0, 0.1) is 5.41 Å². The van der Waals surface area contributed by atoms with Gasteiger partial charge in [0.05, 0.1) is 6.33 Å². The highest BCUT2D eigenvalue weighted by Gasteiger charge is 2.41. The minimum absolute atomic E-state index is 0.332. The predicted molar refractivity (Wildman–Crippen MR) is 78.2 cm³/mol. The summed E-state index contributed by atoms with van der Waals surface area (Å²) in [5, 5.41) is 3.76. The van der Waals surface area contributed by atoms with Crippen LogP contribution in [0.1, 0.15) is 64.6 Å². The van der Waals surface area contributed by atoms with Gasteiger partial charge in [0.2, 0.25) is 0 Å². The molecule has 0 bridgehead atoms. The third kappa shape index (κ3) is 2.71. The van der Waals surface area contributed by atoms with E-state index >= 15 is 0 Å². The maximum Gasteiger partial charge on any atom is 0.0950 e. The second-order valence-electron chi connectivity index (χ2n) is 7.74. The van der Waals surface area contributed by atoms with E-state index in [4.69, 9.17) is 0 Å². The lowest BCUT2D eigenvalue weighted by atomic mass is 9.70. The van der Waals surface area contributed by atoms with Crippen LogP contribution in [-0.2, 0) is 6.42 Å². The molecule has 1 saturated heterocycles. The Hall–Kier alpha value is -0.830. The SMILES string of the molecule is CC(C)(C)Cc1cncn1C1CCNC2(CCC2)C1. The van der Waals surface area contributed by atoms with Crippen LogP contribution >= 0.6 is 0 Å². The smallest absolute Gasteiger partial charge is 0.0950 e. The standard InChI is InChI=1S/C16H27N3/c1-15(2,3)9-14-11-17-12-19(14)13-5-8-18-16(10-13)6-4-7-16/h11-13,18H,4-10H2,1-3H3. The summed E-state index contributed by atoms with van der Waals surface area (Å²) >= 11 is 0. The van der Waals surface area contributed by atoms with Gasteiger partial charge < -0.3 is 9.88 Å². The molecular formula is C16H27N3. The quantitative estimate of drug-likeness (QED) is 0.885. The van der Waals surface area contributed by atoms with Crippen molar-refractivity contribution in [3.8, 4) is 0 Å². The van der Waals surface area contributed by atoms with Crippen LogP contribution < -0.4 is 5.32 Å². The van der Waals surface area contributed by atoms with Gasteiger partial charge in [0, 0.05) is 23.5 Å².